The molecule has 4 aromatic carbocycles. The number of hydrogen-bond donors (Lipinski definition) is 2. The number of nitrogens with zero attached hydrogens (tertiary/aromatic N) is 5. The molecule has 0 radical (unpaired) electrons. The highest BCUT2D eigenvalue weighted by atomic mass is 35.5. The number of hydrogen-bond acceptors (Lipinski definition) is 9. The maximum atomic E-state index is 14.7. The van der Waals surface area contributed by atoms with Gasteiger partial charge in [-0.1, -0.05) is 71.7 Å². The van der Waals surface area contributed by atoms with Crippen molar-refractivity contribution >= 4 is 46.9 Å². The predicted octanol–water partition coefficient (Wildman–Crippen LogP) is 7.08. The summed E-state index contributed by atoms with van der Waals surface area (Å²) in [6, 6.07) is 28.1. The summed E-state index contributed by atoms with van der Waals surface area (Å²) < 4.78 is 14.2. The molecule has 65 heavy (non-hydrogen) atoms. The van der Waals surface area contributed by atoms with Gasteiger partial charge in [0.1, 0.15) is 30.0 Å². The number of fused-ring (bicyclic) bond motifs is 2. The van der Waals surface area contributed by atoms with E-state index in [2.05, 4.69) is 25.1 Å². The molecule has 5 aromatic rings. The van der Waals surface area contributed by atoms with Gasteiger partial charge in [-0.15, -0.1) is 0 Å². The maximum Gasteiger partial charge on any atom is 0.306 e. The molecule has 13 nitrogen and oxygen atoms in total. The summed E-state index contributed by atoms with van der Waals surface area (Å²) in [6.45, 7) is 2.99. The van der Waals surface area contributed by atoms with E-state index >= 15 is 0 Å². The molecule has 2 saturated heterocycles. The van der Waals surface area contributed by atoms with Gasteiger partial charge in [-0.25, -0.2) is 4.98 Å². The van der Waals surface area contributed by atoms with Crippen LogP contribution < -0.4 is 15.4 Å². The number of halogens is 2. The van der Waals surface area contributed by atoms with Gasteiger partial charge in [-0.05, 0) is 106 Å². The highest BCUT2D eigenvalue weighted by Gasteiger charge is 2.46. The quantitative estimate of drug-likeness (QED) is 0.112. The Morgan fingerprint density at radius 2 is 1.66 bits per heavy atom. The van der Waals surface area contributed by atoms with Crippen LogP contribution in [0.4, 0.5) is 0 Å². The lowest BCUT2D eigenvalue weighted by atomic mass is 9.80. The van der Waals surface area contributed by atoms with Crippen molar-refractivity contribution in [3.05, 3.63) is 136 Å². The molecule has 2 bridgehead atoms. The molecule has 3 heterocycles. The average Bonchev–Trinajstić information content (AvgIpc) is 3.65. The molecule has 15 heteroatoms. The second-order valence-electron chi connectivity index (χ2n) is 17.5. The lowest BCUT2D eigenvalue weighted by molar-refractivity contribution is -0.157. The number of carbonyl (C=O) groups excluding carboxylic acids is 4. The zero-order chi connectivity index (χ0) is 46.3. The van der Waals surface area contributed by atoms with E-state index < -0.39 is 47.9 Å². The van der Waals surface area contributed by atoms with Crippen LogP contribution in [0.5, 0.6) is 11.5 Å². The first-order valence-electron chi connectivity index (χ1n) is 21.9. The Balaban J connectivity index is 1.07. The number of esters is 1. The molecule has 2 fully saturated rings. The molecule has 2 aliphatic rings. The first-order valence-corrected chi connectivity index (χ1v) is 22.7. The lowest BCUT2D eigenvalue weighted by Crippen LogP contribution is -2.65. The van der Waals surface area contributed by atoms with Gasteiger partial charge in [-0.2, -0.15) is 0 Å². The summed E-state index contributed by atoms with van der Waals surface area (Å²) in [7, 11) is 7.72. The van der Waals surface area contributed by atoms with Crippen molar-refractivity contribution in [3.8, 4) is 22.8 Å². The third-order valence-electron chi connectivity index (χ3n) is 12.4. The molecule has 3 amide bonds. The smallest absolute Gasteiger partial charge is 0.306 e. The Morgan fingerprint density at radius 3 is 2.38 bits per heavy atom. The molecule has 4 atom stereocenters. The maximum absolute atomic E-state index is 14.7. The first-order chi connectivity index (χ1) is 31.2. The fraction of sp³-hybridized carbons (Fsp3) is 0.380. The molecule has 0 saturated carbocycles. The molecule has 342 valence electrons. The second-order valence-corrected chi connectivity index (χ2v) is 18.3. The van der Waals surface area contributed by atoms with Crippen LogP contribution in [0.3, 0.4) is 0 Å². The highest BCUT2D eigenvalue weighted by molar-refractivity contribution is 6.31. The monoisotopic (exact) mass is 921 g/mol. The molecular formula is C50H57Cl2N7O6. The van der Waals surface area contributed by atoms with Crippen molar-refractivity contribution in [3.63, 3.8) is 0 Å². The van der Waals surface area contributed by atoms with Gasteiger partial charge in [0.25, 0.3) is 0 Å². The van der Waals surface area contributed by atoms with E-state index in [9.17, 15) is 19.2 Å². The Labute approximate surface area is 391 Å². The van der Waals surface area contributed by atoms with Crippen LogP contribution in [0.1, 0.15) is 48.7 Å². The van der Waals surface area contributed by atoms with E-state index in [1.54, 1.807) is 35.9 Å². The minimum absolute atomic E-state index is 0.153. The summed E-state index contributed by atoms with van der Waals surface area (Å²) in [4.78, 5) is 66.6. The zero-order valence-corrected chi connectivity index (χ0v) is 39.1. The van der Waals surface area contributed by atoms with Gasteiger partial charge in [0.2, 0.25) is 17.7 Å². The molecule has 1 aromatic heterocycles. The number of benzene rings is 4. The topological polar surface area (TPSA) is 138 Å². The van der Waals surface area contributed by atoms with Gasteiger partial charge in [-0.3, -0.25) is 19.2 Å². The Kier molecular flexibility index (Phi) is 15.3. The number of aromatic nitrogens is 2. The van der Waals surface area contributed by atoms with Gasteiger partial charge in [0.15, 0.2) is 0 Å². The van der Waals surface area contributed by atoms with Crippen LogP contribution in [0.15, 0.2) is 103 Å². The summed E-state index contributed by atoms with van der Waals surface area (Å²) in [5.41, 5.74) is 3.77. The number of piperidine rings is 1. The summed E-state index contributed by atoms with van der Waals surface area (Å²) in [5.74, 6) is -0.282. The standard InChI is InChI=1S/C50H57Cl2N7O6/c1-33(53-28-37-14-19-40(52)26-44(37)65-41-20-15-36(16-21-41)43-29-54-45(57(43)4)30-56(2)3)47(61)55-42-31-64-46(60)25-38(24-34-10-7-6-8-11-34)48(62)59-23-9-22-50(32-59,58(5)49(42)63)27-35-12-17-39(51)18-13-35/h6-8,10-21,26,29,33,38,42,53H,9,22-25,27-28,30-32H2,1-5H3,(H,55,61)/t33?,38-,42+,50-/m1/s1. The largest absolute Gasteiger partial charge is 0.463 e. The van der Waals surface area contributed by atoms with Gasteiger partial charge < -0.3 is 39.4 Å². The fourth-order valence-corrected chi connectivity index (χ4v) is 8.98. The molecule has 1 unspecified atom stereocenters. The Morgan fingerprint density at radius 1 is 0.938 bits per heavy atom. The molecule has 0 spiro atoms. The van der Waals surface area contributed by atoms with Crippen molar-refractivity contribution in [1.29, 1.82) is 0 Å². The minimum Gasteiger partial charge on any atom is -0.463 e. The number of likely N-dealkylation sites (N-methyl/N-ethyl adjacent to an activating group) is 1. The zero-order valence-electron chi connectivity index (χ0n) is 37.6. The lowest BCUT2D eigenvalue weighted by Gasteiger charge is -2.50. The van der Waals surface area contributed by atoms with E-state index in [1.165, 1.54) is 0 Å². The van der Waals surface area contributed by atoms with Gasteiger partial charge >= 0.3 is 5.97 Å². The van der Waals surface area contributed by atoms with Crippen LogP contribution in [-0.4, -0.2) is 106 Å². The average molecular weight is 923 g/mol. The predicted molar refractivity (Wildman–Crippen MR) is 251 cm³/mol. The molecule has 7 rings (SSSR count). The van der Waals surface area contributed by atoms with Crippen LogP contribution in [-0.2, 0) is 56.9 Å². The van der Waals surface area contributed by atoms with Crippen molar-refractivity contribution in [2.75, 3.05) is 40.8 Å². The molecule has 2 aliphatic heterocycles. The number of amides is 3. The number of ether oxygens (including phenoxy) is 2. The van der Waals surface area contributed by atoms with Crippen LogP contribution >= 0.6 is 23.2 Å². The van der Waals surface area contributed by atoms with E-state index in [0.29, 0.717) is 53.8 Å². The second kappa shape index (κ2) is 21.1. The van der Waals surface area contributed by atoms with Crippen molar-refractivity contribution in [2.45, 2.75) is 69.7 Å². The van der Waals surface area contributed by atoms with E-state index in [-0.39, 0.29) is 25.4 Å². The molecular weight excluding hydrogens is 865 g/mol. The normalized spacial score (nSPS) is 19.9. The van der Waals surface area contributed by atoms with Crippen LogP contribution in [0.2, 0.25) is 10.0 Å². The van der Waals surface area contributed by atoms with Crippen molar-refractivity contribution < 1.29 is 28.7 Å². The highest BCUT2D eigenvalue weighted by Crippen LogP contribution is 2.34. The van der Waals surface area contributed by atoms with E-state index in [4.69, 9.17) is 32.7 Å². The molecule has 2 N–H and O–H groups in total. The number of nitrogens with one attached hydrogen (secondary N) is 2. The molecule has 0 aliphatic carbocycles. The minimum atomic E-state index is -1.20. The summed E-state index contributed by atoms with van der Waals surface area (Å²) in [5, 5.41) is 7.24. The number of imidazole rings is 1. The van der Waals surface area contributed by atoms with Gasteiger partial charge in [0.05, 0.1) is 42.4 Å². The Bertz CT molecular complexity index is 2460. The van der Waals surface area contributed by atoms with E-state index in [0.717, 1.165) is 40.3 Å². The fourth-order valence-electron chi connectivity index (χ4n) is 8.69. The van der Waals surface area contributed by atoms with Crippen molar-refractivity contribution in [2.24, 2.45) is 13.0 Å². The summed E-state index contributed by atoms with van der Waals surface area (Å²) >= 11 is 12.7. The number of rotatable bonds is 14. The van der Waals surface area contributed by atoms with Crippen LogP contribution in [0, 0.1) is 5.92 Å². The number of cyclic esters (lactones) is 1. The summed E-state index contributed by atoms with van der Waals surface area (Å²) in [6.07, 6.45) is 3.74. The SMILES string of the molecule is CC(NCc1ccc(Cl)cc1Oc1ccc(-c2cnc(CN(C)C)n2C)cc1)C(=O)N[C@H]1COC(=O)C[C@@H](Cc2ccccc2)C(=O)N2CCC[C@@](Cc3ccc(Cl)cc3)(C2)N(C)C1=O. The Hall–Kier alpha value is -5.73. The number of carbonyl (C=O) groups is 4. The van der Waals surface area contributed by atoms with Crippen LogP contribution in [0.25, 0.3) is 11.3 Å². The first kappa shape index (κ1) is 47.2. The van der Waals surface area contributed by atoms with E-state index in [1.807, 2.05) is 112 Å². The third-order valence-corrected chi connectivity index (χ3v) is 12.9. The third kappa shape index (κ3) is 11.8. The van der Waals surface area contributed by atoms with Gasteiger partial charge in [0, 0.05) is 54.9 Å². The van der Waals surface area contributed by atoms with Crippen molar-refractivity contribution in [1.82, 2.24) is 34.9 Å².